The molecule has 21 heavy (non-hydrogen) atoms. The zero-order valence-corrected chi connectivity index (χ0v) is 11.8. The second-order valence-electron chi connectivity index (χ2n) is 4.68. The monoisotopic (exact) mass is 286 g/mol. The lowest BCUT2D eigenvalue weighted by Crippen LogP contribution is -2.15. The number of nitrogens with zero attached hydrogens (tertiary/aromatic N) is 1. The Morgan fingerprint density at radius 2 is 1.81 bits per heavy atom. The molecule has 2 aromatic rings. The molecule has 5 heteroatoms. The fourth-order valence-corrected chi connectivity index (χ4v) is 1.77. The van der Waals surface area contributed by atoms with Crippen LogP contribution in [-0.2, 0) is 4.84 Å². The zero-order chi connectivity index (χ0) is 15.4. The second-order valence-corrected chi connectivity index (χ2v) is 4.68. The number of halogens is 1. The van der Waals surface area contributed by atoms with E-state index in [-0.39, 0.29) is 11.7 Å². The molecule has 0 amide bonds. The van der Waals surface area contributed by atoms with Crippen LogP contribution in [0.4, 0.5) is 4.39 Å². The van der Waals surface area contributed by atoms with Crippen LogP contribution in [0, 0.1) is 19.7 Å². The van der Waals surface area contributed by atoms with Gasteiger partial charge in [-0.15, -0.1) is 0 Å². The summed E-state index contributed by atoms with van der Waals surface area (Å²) < 4.78 is 12.8. The molecule has 0 aliphatic rings. The maximum atomic E-state index is 12.8. The summed E-state index contributed by atoms with van der Waals surface area (Å²) in [6, 6.07) is 10.9. The number of aryl methyl sites for hydroxylation is 2. The van der Waals surface area contributed by atoms with Crippen molar-refractivity contribution in [1.29, 1.82) is 0 Å². The third-order valence-corrected chi connectivity index (χ3v) is 2.98. The molecule has 108 valence electrons. The maximum absolute atomic E-state index is 12.8. The highest BCUT2D eigenvalue weighted by atomic mass is 19.1. The number of oxime groups is 1. The van der Waals surface area contributed by atoms with Crippen LogP contribution in [0.1, 0.15) is 27.0 Å². The van der Waals surface area contributed by atoms with Crippen LogP contribution >= 0.6 is 0 Å². The molecule has 0 fully saturated rings. The summed E-state index contributed by atoms with van der Waals surface area (Å²) in [7, 11) is 0. The molecule has 0 heterocycles. The number of carbonyl (C=O) groups is 1. The van der Waals surface area contributed by atoms with Gasteiger partial charge in [-0.3, -0.25) is 0 Å². The minimum absolute atomic E-state index is 0.00801. The van der Waals surface area contributed by atoms with Gasteiger partial charge in [-0.25, -0.2) is 9.18 Å². The van der Waals surface area contributed by atoms with Crippen LogP contribution in [0.25, 0.3) is 0 Å². The van der Waals surface area contributed by atoms with Crippen LogP contribution in [0.2, 0.25) is 0 Å². The van der Waals surface area contributed by atoms with E-state index in [1.165, 1.54) is 24.3 Å². The standard InChI is InChI=1S/C16H15FN2O2/c1-10-3-4-11(2)14(9-10)16(20)21-19-15(18)12-5-7-13(17)8-6-12/h3-9H,1-2H3,(H2,18,19). The van der Waals surface area contributed by atoms with Crippen LogP contribution < -0.4 is 5.73 Å². The third-order valence-electron chi connectivity index (χ3n) is 2.98. The van der Waals surface area contributed by atoms with Crippen molar-refractivity contribution in [2.45, 2.75) is 13.8 Å². The number of nitrogens with two attached hydrogens (primary N) is 1. The normalized spacial score (nSPS) is 11.3. The van der Waals surface area contributed by atoms with Crippen molar-refractivity contribution in [3.8, 4) is 0 Å². The molecule has 0 radical (unpaired) electrons. The quantitative estimate of drug-likeness (QED) is 0.408. The van der Waals surface area contributed by atoms with Gasteiger partial charge in [0.25, 0.3) is 0 Å². The molecule has 2 N–H and O–H groups in total. The summed E-state index contributed by atoms with van der Waals surface area (Å²) in [5.74, 6) is -0.950. The first kappa shape index (κ1) is 14.7. The fraction of sp³-hybridized carbons (Fsp3) is 0.125. The molecular weight excluding hydrogens is 271 g/mol. The SMILES string of the molecule is Cc1ccc(C)c(C(=O)O/N=C(\N)c2ccc(F)cc2)c1. The lowest BCUT2D eigenvalue weighted by atomic mass is 10.1. The molecule has 0 bridgehead atoms. The Morgan fingerprint density at radius 1 is 1.14 bits per heavy atom. The van der Waals surface area contributed by atoms with Gasteiger partial charge in [-0.2, -0.15) is 0 Å². The van der Waals surface area contributed by atoms with E-state index in [1.54, 1.807) is 6.07 Å². The summed E-state index contributed by atoms with van der Waals surface area (Å²) >= 11 is 0. The Morgan fingerprint density at radius 3 is 2.48 bits per heavy atom. The molecular formula is C16H15FN2O2. The van der Waals surface area contributed by atoms with Crippen LogP contribution in [0.5, 0.6) is 0 Å². The number of rotatable bonds is 3. The topological polar surface area (TPSA) is 64.7 Å². The Balaban J connectivity index is 2.14. The van der Waals surface area contributed by atoms with E-state index in [4.69, 9.17) is 10.6 Å². The number of carbonyl (C=O) groups excluding carboxylic acids is 1. The number of amidine groups is 1. The van der Waals surface area contributed by atoms with Crippen molar-refractivity contribution in [1.82, 2.24) is 0 Å². The van der Waals surface area contributed by atoms with Gasteiger partial charge in [0.15, 0.2) is 5.84 Å². The molecule has 0 unspecified atom stereocenters. The summed E-state index contributed by atoms with van der Waals surface area (Å²) in [4.78, 5) is 16.8. The van der Waals surface area contributed by atoms with Crippen LogP contribution in [0.15, 0.2) is 47.6 Å². The smallest absolute Gasteiger partial charge is 0.366 e. The summed E-state index contributed by atoms with van der Waals surface area (Å²) in [5.41, 5.74) is 8.34. The van der Waals surface area contributed by atoms with Crippen LogP contribution in [-0.4, -0.2) is 11.8 Å². The minimum atomic E-state index is -0.582. The van der Waals surface area contributed by atoms with E-state index in [0.717, 1.165) is 11.1 Å². The van der Waals surface area contributed by atoms with E-state index >= 15 is 0 Å². The van der Waals surface area contributed by atoms with Gasteiger partial charge in [0.05, 0.1) is 5.56 Å². The molecule has 0 saturated carbocycles. The predicted molar refractivity (Wildman–Crippen MR) is 78.5 cm³/mol. The van der Waals surface area contributed by atoms with E-state index in [1.807, 2.05) is 26.0 Å². The van der Waals surface area contributed by atoms with Crippen molar-refractivity contribution in [2.24, 2.45) is 10.9 Å². The van der Waals surface area contributed by atoms with Gasteiger partial charge in [0.2, 0.25) is 0 Å². The first-order valence-corrected chi connectivity index (χ1v) is 6.35. The largest absolute Gasteiger partial charge is 0.380 e. The fourth-order valence-electron chi connectivity index (χ4n) is 1.77. The average Bonchev–Trinajstić information content (AvgIpc) is 2.47. The Hall–Kier alpha value is -2.69. The predicted octanol–water partition coefficient (Wildman–Crippen LogP) is 2.92. The van der Waals surface area contributed by atoms with Gasteiger partial charge in [-0.1, -0.05) is 22.9 Å². The van der Waals surface area contributed by atoms with Crippen LogP contribution in [0.3, 0.4) is 0 Å². The highest BCUT2D eigenvalue weighted by molar-refractivity contribution is 5.98. The van der Waals surface area contributed by atoms with Gasteiger partial charge in [-0.05, 0) is 49.7 Å². The molecule has 2 rings (SSSR count). The van der Waals surface area contributed by atoms with E-state index in [2.05, 4.69) is 5.16 Å². The molecule has 0 spiro atoms. The van der Waals surface area contributed by atoms with Gasteiger partial charge >= 0.3 is 5.97 Å². The maximum Gasteiger partial charge on any atom is 0.366 e. The average molecular weight is 286 g/mol. The molecule has 0 atom stereocenters. The third kappa shape index (κ3) is 3.66. The molecule has 0 saturated heterocycles. The van der Waals surface area contributed by atoms with Gasteiger partial charge in [0.1, 0.15) is 5.82 Å². The van der Waals surface area contributed by atoms with E-state index in [9.17, 15) is 9.18 Å². The highest BCUT2D eigenvalue weighted by Crippen LogP contribution is 2.12. The molecule has 0 aromatic heterocycles. The van der Waals surface area contributed by atoms with Crippen molar-refractivity contribution >= 4 is 11.8 Å². The Kier molecular flexibility index (Phi) is 4.33. The summed E-state index contributed by atoms with van der Waals surface area (Å²) in [6.07, 6.45) is 0. The zero-order valence-electron chi connectivity index (χ0n) is 11.8. The van der Waals surface area contributed by atoms with E-state index < -0.39 is 5.97 Å². The lowest BCUT2D eigenvalue weighted by molar-refractivity contribution is 0.0515. The van der Waals surface area contributed by atoms with Gasteiger partial charge < -0.3 is 10.6 Å². The van der Waals surface area contributed by atoms with Crippen molar-refractivity contribution in [3.63, 3.8) is 0 Å². The first-order valence-electron chi connectivity index (χ1n) is 6.35. The summed E-state index contributed by atoms with van der Waals surface area (Å²) in [5, 5.41) is 3.59. The molecule has 2 aromatic carbocycles. The van der Waals surface area contributed by atoms with Gasteiger partial charge in [0, 0.05) is 5.56 Å². The van der Waals surface area contributed by atoms with Crippen molar-refractivity contribution < 1.29 is 14.0 Å². The molecule has 4 nitrogen and oxygen atoms in total. The molecule has 0 aliphatic carbocycles. The summed E-state index contributed by atoms with van der Waals surface area (Å²) in [6.45, 7) is 3.69. The molecule has 0 aliphatic heterocycles. The minimum Gasteiger partial charge on any atom is -0.380 e. The second kappa shape index (κ2) is 6.17. The Bertz CT molecular complexity index is 694. The number of hydrogen-bond acceptors (Lipinski definition) is 3. The highest BCUT2D eigenvalue weighted by Gasteiger charge is 2.11. The number of hydrogen-bond donors (Lipinski definition) is 1. The Labute approximate surface area is 122 Å². The van der Waals surface area contributed by atoms with Crippen molar-refractivity contribution in [3.05, 3.63) is 70.5 Å². The number of benzene rings is 2. The van der Waals surface area contributed by atoms with E-state index in [0.29, 0.717) is 11.1 Å². The van der Waals surface area contributed by atoms with Crippen molar-refractivity contribution in [2.75, 3.05) is 0 Å². The lowest BCUT2D eigenvalue weighted by Gasteiger charge is -2.05. The first-order chi connectivity index (χ1) is 9.97.